The average Bonchev–Trinajstić information content (AvgIpc) is 2.33. The maximum Gasteiger partial charge on any atom is 0.123 e. The third-order valence-electron chi connectivity index (χ3n) is 2.67. The normalized spacial score (nSPS) is 12.4. The van der Waals surface area contributed by atoms with E-state index in [1.165, 1.54) is 24.3 Å². The van der Waals surface area contributed by atoms with E-state index in [-0.39, 0.29) is 17.7 Å². The lowest BCUT2D eigenvalue weighted by atomic mass is 10.00. The highest BCUT2D eigenvalue weighted by Crippen LogP contribution is 2.16. The quantitative estimate of drug-likeness (QED) is 0.865. The zero-order chi connectivity index (χ0) is 12.3. The van der Waals surface area contributed by atoms with Crippen LogP contribution in [0, 0.1) is 11.6 Å². The van der Waals surface area contributed by atoms with Gasteiger partial charge >= 0.3 is 0 Å². The summed E-state index contributed by atoms with van der Waals surface area (Å²) in [4.78, 5) is 0. The lowest BCUT2D eigenvalue weighted by molar-refractivity contribution is 0.622. The Labute approximate surface area is 98.9 Å². The SMILES string of the molecule is NC(Cc1ccc(F)cc1)c1ccc(F)cc1. The maximum absolute atomic E-state index is 12.7. The van der Waals surface area contributed by atoms with Crippen molar-refractivity contribution in [3.8, 4) is 0 Å². The van der Waals surface area contributed by atoms with E-state index in [1.54, 1.807) is 24.3 Å². The van der Waals surface area contributed by atoms with Crippen LogP contribution in [0.2, 0.25) is 0 Å². The summed E-state index contributed by atoms with van der Waals surface area (Å²) >= 11 is 0. The van der Waals surface area contributed by atoms with E-state index < -0.39 is 0 Å². The number of nitrogens with two attached hydrogens (primary N) is 1. The van der Waals surface area contributed by atoms with Gasteiger partial charge in [-0.2, -0.15) is 0 Å². The summed E-state index contributed by atoms with van der Waals surface area (Å²) in [5.41, 5.74) is 7.83. The molecule has 0 aromatic heterocycles. The minimum Gasteiger partial charge on any atom is -0.324 e. The number of benzene rings is 2. The van der Waals surface area contributed by atoms with Gasteiger partial charge in [-0.3, -0.25) is 0 Å². The van der Waals surface area contributed by atoms with E-state index in [0.717, 1.165) is 11.1 Å². The molecule has 0 fully saturated rings. The molecule has 0 bridgehead atoms. The molecule has 0 aliphatic rings. The van der Waals surface area contributed by atoms with Gasteiger partial charge < -0.3 is 5.73 Å². The van der Waals surface area contributed by atoms with Crippen LogP contribution in [0.1, 0.15) is 17.2 Å². The second-order valence-electron chi connectivity index (χ2n) is 3.99. The third-order valence-corrected chi connectivity index (χ3v) is 2.67. The first-order valence-electron chi connectivity index (χ1n) is 5.40. The zero-order valence-electron chi connectivity index (χ0n) is 9.24. The lowest BCUT2D eigenvalue weighted by Gasteiger charge is -2.12. The van der Waals surface area contributed by atoms with Gasteiger partial charge in [0.1, 0.15) is 11.6 Å². The van der Waals surface area contributed by atoms with E-state index in [0.29, 0.717) is 6.42 Å². The van der Waals surface area contributed by atoms with Crippen molar-refractivity contribution in [2.45, 2.75) is 12.5 Å². The molecule has 0 saturated carbocycles. The molecule has 2 aromatic rings. The largest absolute Gasteiger partial charge is 0.324 e. The Kier molecular flexibility index (Phi) is 3.49. The highest BCUT2D eigenvalue weighted by Gasteiger charge is 2.07. The maximum atomic E-state index is 12.7. The topological polar surface area (TPSA) is 26.0 Å². The van der Waals surface area contributed by atoms with E-state index in [2.05, 4.69) is 0 Å². The lowest BCUT2D eigenvalue weighted by Crippen LogP contribution is -2.13. The molecular formula is C14H13F2N. The number of hydrogen-bond acceptors (Lipinski definition) is 1. The van der Waals surface area contributed by atoms with E-state index in [4.69, 9.17) is 5.73 Å². The summed E-state index contributed by atoms with van der Waals surface area (Å²) in [5, 5.41) is 0. The van der Waals surface area contributed by atoms with Crippen LogP contribution in [0.4, 0.5) is 8.78 Å². The van der Waals surface area contributed by atoms with Gasteiger partial charge in [-0.15, -0.1) is 0 Å². The molecular weight excluding hydrogens is 220 g/mol. The Morgan fingerprint density at radius 3 is 1.82 bits per heavy atom. The van der Waals surface area contributed by atoms with Crippen LogP contribution in [-0.2, 0) is 6.42 Å². The van der Waals surface area contributed by atoms with Crippen molar-refractivity contribution in [2.24, 2.45) is 5.73 Å². The van der Waals surface area contributed by atoms with Gasteiger partial charge in [-0.25, -0.2) is 8.78 Å². The Morgan fingerprint density at radius 2 is 1.29 bits per heavy atom. The summed E-state index contributed by atoms with van der Waals surface area (Å²) in [6.45, 7) is 0. The predicted molar refractivity (Wildman–Crippen MR) is 63.4 cm³/mol. The smallest absolute Gasteiger partial charge is 0.123 e. The van der Waals surface area contributed by atoms with Crippen LogP contribution in [-0.4, -0.2) is 0 Å². The second kappa shape index (κ2) is 5.06. The highest BCUT2D eigenvalue weighted by atomic mass is 19.1. The molecule has 0 aliphatic carbocycles. The Hall–Kier alpha value is -1.74. The average molecular weight is 233 g/mol. The van der Waals surface area contributed by atoms with Crippen LogP contribution in [0.3, 0.4) is 0 Å². The van der Waals surface area contributed by atoms with Gasteiger partial charge in [-0.05, 0) is 41.8 Å². The van der Waals surface area contributed by atoms with Crippen molar-refractivity contribution in [1.29, 1.82) is 0 Å². The van der Waals surface area contributed by atoms with Gasteiger partial charge in [0, 0.05) is 6.04 Å². The zero-order valence-corrected chi connectivity index (χ0v) is 9.24. The minimum atomic E-state index is -0.275. The van der Waals surface area contributed by atoms with E-state index >= 15 is 0 Å². The summed E-state index contributed by atoms with van der Waals surface area (Å²) < 4.78 is 25.5. The van der Waals surface area contributed by atoms with Crippen molar-refractivity contribution in [1.82, 2.24) is 0 Å². The fraction of sp³-hybridized carbons (Fsp3) is 0.143. The molecule has 2 rings (SSSR count). The molecule has 17 heavy (non-hydrogen) atoms. The molecule has 0 amide bonds. The Bertz CT molecular complexity index is 477. The van der Waals surface area contributed by atoms with Crippen molar-refractivity contribution in [2.75, 3.05) is 0 Å². The fourth-order valence-corrected chi connectivity index (χ4v) is 1.70. The minimum absolute atomic E-state index is 0.207. The second-order valence-corrected chi connectivity index (χ2v) is 3.99. The van der Waals surface area contributed by atoms with E-state index in [9.17, 15) is 8.78 Å². The van der Waals surface area contributed by atoms with Crippen LogP contribution in [0.25, 0.3) is 0 Å². The van der Waals surface area contributed by atoms with Crippen LogP contribution in [0.15, 0.2) is 48.5 Å². The molecule has 0 spiro atoms. The Morgan fingerprint density at radius 1 is 0.824 bits per heavy atom. The van der Waals surface area contributed by atoms with Gasteiger partial charge in [0.2, 0.25) is 0 Å². The van der Waals surface area contributed by atoms with Crippen molar-refractivity contribution >= 4 is 0 Å². The first kappa shape index (κ1) is 11.7. The molecule has 1 unspecified atom stereocenters. The third kappa shape index (κ3) is 3.11. The molecule has 0 saturated heterocycles. The highest BCUT2D eigenvalue weighted by molar-refractivity contribution is 5.24. The van der Waals surface area contributed by atoms with Gasteiger partial charge in [0.25, 0.3) is 0 Å². The fourth-order valence-electron chi connectivity index (χ4n) is 1.70. The molecule has 2 aromatic carbocycles. The first-order chi connectivity index (χ1) is 8.15. The molecule has 0 aliphatic heterocycles. The van der Waals surface area contributed by atoms with Crippen molar-refractivity contribution in [3.05, 3.63) is 71.3 Å². The van der Waals surface area contributed by atoms with Crippen LogP contribution in [0.5, 0.6) is 0 Å². The van der Waals surface area contributed by atoms with Gasteiger partial charge in [0.15, 0.2) is 0 Å². The Balaban J connectivity index is 2.08. The van der Waals surface area contributed by atoms with Crippen LogP contribution < -0.4 is 5.73 Å². The van der Waals surface area contributed by atoms with Gasteiger partial charge in [-0.1, -0.05) is 24.3 Å². The van der Waals surface area contributed by atoms with Crippen LogP contribution >= 0.6 is 0 Å². The standard InChI is InChI=1S/C14H13F2N/c15-12-5-1-10(2-6-12)9-14(17)11-3-7-13(16)8-4-11/h1-8,14H,9,17H2. The van der Waals surface area contributed by atoms with E-state index in [1.807, 2.05) is 0 Å². The monoisotopic (exact) mass is 233 g/mol. The van der Waals surface area contributed by atoms with Crippen molar-refractivity contribution in [3.63, 3.8) is 0 Å². The van der Waals surface area contributed by atoms with Crippen molar-refractivity contribution < 1.29 is 8.78 Å². The molecule has 0 heterocycles. The summed E-state index contributed by atoms with van der Waals surface area (Å²) in [5.74, 6) is -0.535. The number of hydrogen-bond donors (Lipinski definition) is 1. The summed E-state index contributed by atoms with van der Waals surface area (Å²) in [6, 6.07) is 12.1. The summed E-state index contributed by atoms with van der Waals surface area (Å²) in [6.07, 6.45) is 0.603. The number of rotatable bonds is 3. The molecule has 1 nitrogen and oxygen atoms in total. The van der Waals surface area contributed by atoms with Gasteiger partial charge in [0.05, 0.1) is 0 Å². The molecule has 3 heteroatoms. The molecule has 1 atom stereocenters. The number of halogens is 2. The first-order valence-corrected chi connectivity index (χ1v) is 5.40. The summed E-state index contributed by atoms with van der Waals surface area (Å²) in [7, 11) is 0. The molecule has 88 valence electrons. The predicted octanol–water partition coefficient (Wildman–Crippen LogP) is 3.21. The molecule has 2 N–H and O–H groups in total. The molecule has 0 radical (unpaired) electrons.